The monoisotopic (exact) mass is 391 g/mol. The number of H-pyrrole nitrogens is 1. The average Bonchev–Trinajstić information content (AvgIpc) is 3.14. The molecule has 3 aromatic rings. The highest BCUT2D eigenvalue weighted by molar-refractivity contribution is 5.97. The van der Waals surface area contributed by atoms with Crippen LogP contribution < -0.4 is 5.73 Å². The second-order valence-corrected chi connectivity index (χ2v) is 8.11. The number of hydrogen-bond acceptors (Lipinski definition) is 3. The molecule has 1 saturated heterocycles. The average molecular weight is 392 g/mol. The Kier molecular flexibility index (Phi) is 5.86. The van der Waals surface area contributed by atoms with E-state index >= 15 is 0 Å². The Labute approximate surface area is 171 Å². The van der Waals surface area contributed by atoms with E-state index in [4.69, 9.17) is 5.73 Å². The molecule has 29 heavy (non-hydrogen) atoms. The topological polar surface area (TPSA) is 82.3 Å². The number of nitrogens with one attached hydrogen (secondary N) is 1. The van der Waals surface area contributed by atoms with Gasteiger partial charge in [0.25, 0.3) is 0 Å². The first-order valence-electron chi connectivity index (χ1n) is 10.5. The third-order valence-electron chi connectivity index (χ3n) is 6.15. The molecule has 0 aliphatic carbocycles. The van der Waals surface area contributed by atoms with Gasteiger partial charge in [0, 0.05) is 22.7 Å². The van der Waals surface area contributed by atoms with Crippen LogP contribution in [-0.4, -0.2) is 40.5 Å². The van der Waals surface area contributed by atoms with Crippen LogP contribution in [0.2, 0.25) is 0 Å². The first-order valence-corrected chi connectivity index (χ1v) is 10.5. The summed E-state index contributed by atoms with van der Waals surface area (Å²) in [5, 5.41) is 10.9. The largest absolute Gasteiger partial charge is 0.508 e. The minimum Gasteiger partial charge on any atom is -0.508 e. The van der Waals surface area contributed by atoms with Gasteiger partial charge in [-0.15, -0.1) is 0 Å². The Morgan fingerprint density at radius 3 is 2.72 bits per heavy atom. The van der Waals surface area contributed by atoms with Gasteiger partial charge in [0.1, 0.15) is 5.75 Å². The van der Waals surface area contributed by atoms with Crippen LogP contribution in [0.3, 0.4) is 0 Å². The van der Waals surface area contributed by atoms with Gasteiger partial charge in [0.2, 0.25) is 5.91 Å². The van der Waals surface area contributed by atoms with Gasteiger partial charge in [-0.2, -0.15) is 0 Å². The number of aromatic hydroxyl groups is 1. The van der Waals surface area contributed by atoms with Crippen molar-refractivity contribution in [1.29, 1.82) is 0 Å². The van der Waals surface area contributed by atoms with E-state index in [1.165, 1.54) is 22.9 Å². The van der Waals surface area contributed by atoms with Crippen molar-refractivity contribution in [3.05, 3.63) is 65.4 Å². The van der Waals surface area contributed by atoms with E-state index in [2.05, 4.69) is 22.1 Å². The molecule has 5 heteroatoms. The van der Waals surface area contributed by atoms with Crippen molar-refractivity contribution in [2.24, 2.45) is 5.73 Å². The molecule has 0 saturated carbocycles. The number of aryl methyl sites for hydroxylation is 1. The summed E-state index contributed by atoms with van der Waals surface area (Å²) in [6.45, 7) is 3.40. The molecular weight excluding hydrogens is 362 g/mol. The highest BCUT2D eigenvalue weighted by atomic mass is 16.3. The Morgan fingerprint density at radius 2 is 1.97 bits per heavy atom. The van der Waals surface area contributed by atoms with Crippen molar-refractivity contribution in [2.75, 3.05) is 19.6 Å². The summed E-state index contributed by atoms with van der Waals surface area (Å²) in [6, 6.07) is 13.4. The predicted octanol–water partition coefficient (Wildman–Crippen LogP) is 4.17. The summed E-state index contributed by atoms with van der Waals surface area (Å²) in [4.78, 5) is 17.1. The molecule has 4 rings (SSSR count). The van der Waals surface area contributed by atoms with E-state index < -0.39 is 5.91 Å². The van der Waals surface area contributed by atoms with Crippen LogP contribution in [0.15, 0.2) is 48.7 Å². The Balaban J connectivity index is 1.22. The number of likely N-dealkylation sites (tertiary alicyclic amines) is 1. The van der Waals surface area contributed by atoms with Gasteiger partial charge in [-0.1, -0.05) is 18.2 Å². The second kappa shape index (κ2) is 8.70. The predicted molar refractivity (Wildman–Crippen MR) is 116 cm³/mol. The summed E-state index contributed by atoms with van der Waals surface area (Å²) in [7, 11) is 0. The van der Waals surface area contributed by atoms with Crippen LogP contribution in [0.4, 0.5) is 0 Å². The van der Waals surface area contributed by atoms with Gasteiger partial charge < -0.3 is 20.7 Å². The number of unbranched alkanes of at least 4 members (excludes halogenated alkanes) is 1. The van der Waals surface area contributed by atoms with Crippen LogP contribution >= 0.6 is 0 Å². The van der Waals surface area contributed by atoms with Crippen molar-refractivity contribution in [3.63, 3.8) is 0 Å². The first-order chi connectivity index (χ1) is 14.1. The van der Waals surface area contributed by atoms with Crippen molar-refractivity contribution in [1.82, 2.24) is 9.88 Å². The fourth-order valence-electron chi connectivity index (χ4n) is 4.47. The second-order valence-electron chi connectivity index (χ2n) is 8.11. The number of aromatic nitrogens is 1. The molecule has 5 nitrogen and oxygen atoms in total. The summed E-state index contributed by atoms with van der Waals surface area (Å²) in [6.07, 6.45) is 7.74. The third-order valence-corrected chi connectivity index (χ3v) is 6.15. The maximum absolute atomic E-state index is 11.3. The maximum atomic E-state index is 11.3. The van der Waals surface area contributed by atoms with Gasteiger partial charge in [-0.3, -0.25) is 4.79 Å². The van der Waals surface area contributed by atoms with Crippen molar-refractivity contribution >= 4 is 16.8 Å². The van der Waals surface area contributed by atoms with Crippen LogP contribution in [0.25, 0.3) is 10.9 Å². The molecule has 1 aliphatic rings. The summed E-state index contributed by atoms with van der Waals surface area (Å²) in [5.41, 5.74) is 9.45. The van der Waals surface area contributed by atoms with Gasteiger partial charge in [0.15, 0.2) is 0 Å². The number of hydrogen-bond donors (Lipinski definition) is 3. The maximum Gasteiger partial charge on any atom is 0.248 e. The standard InChI is InChI=1S/C24H29N3O2/c25-24(29)19-7-8-22-20(16-26-23(22)15-19)4-1-2-11-27-12-9-17(10-13-27)18-5-3-6-21(28)14-18/h3,5-8,14-17,26,28H,1-2,4,9-13H2,(H2,25,29). The zero-order chi connectivity index (χ0) is 20.2. The van der Waals surface area contributed by atoms with Crippen LogP contribution in [0, 0.1) is 0 Å². The molecule has 152 valence electrons. The molecule has 1 aliphatic heterocycles. The number of primary amides is 1. The van der Waals surface area contributed by atoms with E-state index in [1.54, 1.807) is 12.1 Å². The van der Waals surface area contributed by atoms with E-state index in [0.717, 1.165) is 50.8 Å². The molecule has 2 aromatic carbocycles. The first kappa shape index (κ1) is 19.5. The fraction of sp³-hybridized carbons (Fsp3) is 0.375. The smallest absolute Gasteiger partial charge is 0.248 e. The Bertz CT molecular complexity index is 987. The molecule has 1 aromatic heterocycles. The van der Waals surface area contributed by atoms with Crippen LogP contribution in [0.1, 0.15) is 53.1 Å². The molecule has 2 heterocycles. The zero-order valence-electron chi connectivity index (χ0n) is 16.7. The number of fused-ring (bicyclic) bond motifs is 1. The SMILES string of the molecule is NC(=O)c1ccc2c(CCCCN3CCC(c4cccc(O)c4)CC3)c[nH]c2c1. The lowest BCUT2D eigenvalue weighted by Gasteiger charge is -2.32. The Hall–Kier alpha value is -2.79. The summed E-state index contributed by atoms with van der Waals surface area (Å²) < 4.78 is 0. The van der Waals surface area contributed by atoms with Crippen LogP contribution in [0.5, 0.6) is 5.75 Å². The number of nitrogens with two attached hydrogens (primary N) is 1. The van der Waals surface area contributed by atoms with Crippen molar-refractivity contribution < 1.29 is 9.90 Å². The molecule has 0 radical (unpaired) electrons. The number of piperidine rings is 1. The number of phenolic OH excluding ortho intramolecular Hbond substituents is 1. The number of phenols is 1. The molecule has 0 bridgehead atoms. The molecular formula is C24H29N3O2. The summed E-state index contributed by atoms with van der Waals surface area (Å²) in [5.74, 6) is 0.541. The highest BCUT2D eigenvalue weighted by Gasteiger charge is 2.20. The molecule has 1 amide bonds. The minimum absolute atomic E-state index is 0.369. The fourth-order valence-corrected chi connectivity index (χ4v) is 4.47. The van der Waals surface area contributed by atoms with Gasteiger partial charge in [-0.05, 0) is 93.0 Å². The number of nitrogens with zero attached hydrogens (tertiary/aromatic N) is 1. The molecule has 0 spiro atoms. The van der Waals surface area contributed by atoms with Crippen LogP contribution in [-0.2, 0) is 6.42 Å². The lowest BCUT2D eigenvalue weighted by Crippen LogP contribution is -2.33. The lowest BCUT2D eigenvalue weighted by atomic mass is 9.89. The zero-order valence-corrected chi connectivity index (χ0v) is 16.7. The number of benzene rings is 2. The normalized spacial score (nSPS) is 15.7. The quantitative estimate of drug-likeness (QED) is 0.529. The molecule has 1 fully saturated rings. The van der Waals surface area contributed by atoms with Crippen molar-refractivity contribution in [2.45, 2.75) is 38.0 Å². The lowest BCUT2D eigenvalue weighted by molar-refractivity contribution is 0.100. The number of aromatic amines is 1. The third kappa shape index (κ3) is 4.62. The van der Waals surface area contributed by atoms with Gasteiger partial charge >= 0.3 is 0 Å². The number of amides is 1. The van der Waals surface area contributed by atoms with E-state index in [1.807, 2.05) is 24.3 Å². The van der Waals surface area contributed by atoms with Gasteiger partial charge in [-0.25, -0.2) is 0 Å². The van der Waals surface area contributed by atoms with Gasteiger partial charge in [0.05, 0.1) is 0 Å². The highest BCUT2D eigenvalue weighted by Crippen LogP contribution is 2.30. The van der Waals surface area contributed by atoms with Crippen molar-refractivity contribution in [3.8, 4) is 5.75 Å². The Morgan fingerprint density at radius 1 is 1.14 bits per heavy atom. The molecule has 0 unspecified atom stereocenters. The summed E-state index contributed by atoms with van der Waals surface area (Å²) >= 11 is 0. The number of rotatable bonds is 7. The number of carbonyl (C=O) groups excluding carboxylic acids is 1. The van der Waals surface area contributed by atoms with E-state index in [9.17, 15) is 9.90 Å². The molecule has 0 atom stereocenters. The van der Waals surface area contributed by atoms with E-state index in [0.29, 0.717) is 17.2 Å². The molecule has 4 N–H and O–H groups in total. The minimum atomic E-state index is -0.393. The van der Waals surface area contributed by atoms with E-state index in [-0.39, 0.29) is 0 Å². The number of carbonyl (C=O) groups is 1.